The number of carbonyl (C=O) groups excluding carboxylic acids is 1. The van der Waals surface area contributed by atoms with Gasteiger partial charge in [-0.3, -0.25) is 9.89 Å². The maximum absolute atomic E-state index is 13.0. The normalized spacial score (nSPS) is 22.7. The van der Waals surface area contributed by atoms with E-state index in [1.54, 1.807) is 6.20 Å². The zero-order chi connectivity index (χ0) is 17.4. The fraction of sp³-hybridized carbons (Fsp3) is 0.444. The van der Waals surface area contributed by atoms with Crippen LogP contribution in [0.4, 0.5) is 0 Å². The monoisotopic (exact) mass is 343 g/mol. The molecule has 1 fully saturated rings. The molecule has 0 bridgehead atoms. The number of H-pyrrole nitrogens is 1. The quantitative estimate of drug-likeness (QED) is 0.904. The predicted molar refractivity (Wildman–Crippen MR) is 90.9 cm³/mol. The highest BCUT2D eigenvalue weighted by molar-refractivity contribution is 6.00. The first-order chi connectivity index (χ1) is 12.1. The number of rotatable bonds is 2. The SMILES string of the molecule is CC1CN(C(=O)c2cn[nH]c2-c2ccc3c(c2)OCCO3)CC(C)O1. The number of aromatic amines is 1. The van der Waals surface area contributed by atoms with Crippen molar-refractivity contribution in [3.05, 3.63) is 30.0 Å². The van der Waals surface area contributed by atoms with Crippen LogP contribution in [0.2, 0.25) is 0 Å². The van der Waals surface area contributed by atoms with E-state index in [1.807, 2.05) is 36.9 Å². The Morgan fingerprint density at radius 2 is 1.88 bits per heavy atom. The van der Waals surface area contributed by atoms with Crippen LogP contribution in [0.3, 0.4) is 0 Å². The Kier molecular flexibility index (Phi) is 4.09. The van der Waals surface area contributed by atoms with Crippen molar-refractivity contribution in [2.45, 2.75) is 26.1 Å². The van der Waals surface area contributed by atoms with Crippen molar-refractivity contribution in [3.8, 4) is 22.8 Å². The van der Waals surface area contributed by atoms with Gasteiger partial charge in [0.2, 0.25) is 0 Å². The first-order valence-corrected chi connectivity index (χ1v) is 8.50. The van der Waals surface area contributed by atoms with Crippen LogP contribution in [0, 0.1) is 0 Å². The number of hydrogen-bond acceptors (Lipinski definition) is 5. The largest absolute Gasteiger partial charge is 0.486 e. The van der Waals surface area contributed by atoms with Gasteiger partial charge in [-0.25, -0.2) is 0 Å². The van der Waals surface area contributed by atoms with Crippen molar-refractivity contribution in [1.29, 1.82) is 0 Å². The van der Waals surface area contributed by atoms with E-state index in [1.165, 1.54) is 0 Å². The molecule has 132 valence electrons. The maximum Gasteiger partial charge on any atom is 0.257 e. The predicted octanol–water partition coefficient (Wildman–Crippen LogP) is 2.10. The van der Waals surface area contributed by atoms with E-state index in [0.717, 1.165) is 11.3 Å². The van der Waals surface area contributed by atoms with E-state index in [0.29, 0.717) is 43.3 Å². The van der Waals surface area contributed by atoms with Crippen LogP contribution >= 0.6 is 0 Å². The van der Waals surface area contributed by atoms with E-state index in [9.17, 15) is 4.79 Å². The van der Waals surface area contributed by atoms with E-state index in [-0.39, 0.29) is 18.1 Å². The molecule has 0 spiro atoms. The van der Waals surface area contributed by atoms with Gasteiger partial charge in [0.15, 0.2) is 11.5 Å². The third kappa shape index (κ3) is 3.07. The van der Waals surface area contributed by atoms with Gasteiger partial charge in [0, 0.05) is 18.7 Å². The molecule has 1 aromatic heterocycles. The summed E-state index contributed by atoms with van der Waals surface area (Å²) in [5.74, 6) is 1.37. The standard InChI is InChI=1S/C18H21N3O4/c1-11-9-21(10-12(2)25-11)18(22)14-8-19-20-17(14)13-3-4-15-16(7-13)24-6-5-23-15/h3-4,7-8,11-12H,5-6,9-10H2,1-2H3,(H,19,20). The minimum Gasteiger partial charge on any atom is -0.486 e. The molecule has 2 aromatic rings. The van der Waals surface area contributed by atoms with Crippen molar-refractivity contribution in [1.82, 2.24) is 15.1 Å². The third-order valence-corrected chi connectivity index (χ3v) is 4.41. The average Bonchev–Trinajstić information content (AvgIpc) is 3.09. The lowest BCUT2D eigenvalue weighted by molar-refractivity contribution is -0.0586. The molecule has 1 aromatic carbocycles. The summed E-state index contributed by atoms with van der Waals surface area (Å²) in [6.07, 6.45) is 1.63. The molecule has 7 nitrogen and oxygen atoms in total. The van der Waals surface area contributed by atoms with Gasteiger partial charge in [-0.05, 0) is 32.0 Å². The average molecular weight is 343 g/mol. The van der Waals surface area contributed by atoms with E-state index >= 15 is 0 Å². The molecule has 2 aliphatic rings. The number of morpholine rings is 1. The van der Waals surface area contributed by atoms with Crippen molar-refractivity contribution >= 4 is 5.91 Å². The number of ether oxygens (including phenoxy) is 3. The number of aromatic nitrogens is 2. The summed E-state index contributed by atoms with van der Waals surface area (Å²) < 4.78 is 16.9. The second-order valence-corrected chi connectivity index (χ2v) is 6.48. The minimum atomic E-state index is -0.0411. The second-order valence-electron chi connectivity index (χ2n) is 6.48. The Hall–Kier alpha value is -2.54. The number of carbonyl (C=O) groups is 1. The van der Waals surface area contributed by atoms with Crippen LogP contribution < -0.4 is 9.47 Å². The van der Waals surface area contributed by atoms with Crippen LogP contribution in [0.15, 0.2) is 24.4 Å². The van der Waals surface area contributed by atoms with Crippen LogP contribution in [-0.4, -0.2) is 59.5 Å². The molecule has 1 N–H and O–H groups in total. The second kappa shape index (κ2) is 6.40. The highest BCUT2D eigenvalue weighted by atomic mass is 16.6. The Labute approximate surface area is 145 Å². The van der Waals surface area contributed by atoms with Crippen LogP contribution in [-0.2, 0) is 4.74 Å². The van der Waals surface area contributed by atoms with Crippen molar-refractivity contribution in [2.24, 2.45) is 0 Å². The highest BCUT2D eigenvalue weighted by Gasteiger charge is 2.29. The Morgan fingerprint density at radius 3 is 2.64 bits per heavy atom. The zero-order valence-electron chi connectivity index (χ0n) is 14.3. The molecule has 4 rings (SSSR count). The van der Waals surface area contributed by atoms with E-state index < -0.39 is 0 Å². The van der Waals surface area contributed by atoms with E-state index in [4.69, 9.17) is 14.2 Å². The molecule has 3 heterocycles. The zero-order valence-corrected chi connectivity index (χ0v) is 14.3. The topological polar surface area (TPSA) is 76.7 Å². The fourth-order valence-corrected chi connectivity index (χ4v) is 3.38. The maximum atomic E-state index is 13.0. The first kappa shape index (κ1) is 16.0. The summed E-state index contributed by atoms with van der Waals surface area (Å²) in [7, 11) is 0. The molecule has 2 unspecified atom stereocenters. The van der Waals surface area contributed by atoms with Gasteiger partial charge < -0.3 is 19.1 Å². The summed E-state index contributed by atoms with van der Waals surface area (Å²) in [4.78, 5) is 14.8. The van der Waals surface area contributed by atoms with Gasteiger partial charge in [-0.1, -0.05) is 0 Å². The van der Waals surface area contributed by atoms with Gasteiger partial charge >= 0.3 is 0 Å². The summed E-state index contributed by atoms with van der Waals surface area (Å²) in [6, 6.07) is 5.64. The van der Waals surface area contributed by atoms with Gasteiger partial charge in [0.25, 0.3) is 5.91 Å². The summed E-state index contributed by atoms with van der Waals surface area (Å²) >= 11 is 0. The van der Waals surface area contributed by atoms with Crippen molar-refractivity contribution < 1.29 is 19.0 Å². The molecule has 0 radical (unpaired) electrons. The third-order valence-electron chi connectivity index (χ3n) is 4.41. The van der Waals surface area contributed by atoms with Crippen LogP contribution in [0.5, 0.6) is 11.5 Å². The highest BCUT2D eigenvalue weighted by Crippen LogP contribution is 2.35. The van der Waals surface area contributed by atoms with Crippen LogP contribution in [0.1, 0.15) is 24.2 Å². The summed E-state index contributed by atoms with van der Waals surface area (Å²) in [5, 5.41) is 7.03. The Balaban J connectivity index is 1.63. The minimum absolute atomic E-state index is 0.0253. The van der Waals surface area contributed by atoms with E-state index in [2.05, 4.69) is 10.2 Å². The molecular formula is C18H21N3O4. The molecular weight excluding hydrogens is 322 g/mol. The molecule has 0 saturated carbocycles. The Bertz CT molecular complexity index is 778. The lowest BCUT2D eigenvalue weighted by Gasteiger charge is -2.35. The van der Waals surface area contributed by atoms with Gasteiger partial charge in [0.05, 0.1) is 29.7 Å². The number of fused-ring (bicyclic) bond motifs is 1. The molecule has 25 heavy (non-hydrogen) atoms. The number of nitrogens with zero attached hydrogens (tertiary/aromatic N) is 2. The van der Waals surface area contributed by atoms with Gasteiger partial charge in [0.1, 0.15) is 13.2 Å². The van der Waals surface area contributed by atoms with Crippen LogP contribution in [0.25, 0.3) is 11.3 Å². The first-order valence-electron chi connectivity index (χ1n) is 8.50. The molecule has 1 amide bonds. The molecule has 2 aliphatic heterocycles. The molecule has 7 heteroatoms. The number of hydrogen-bond donors (Lipinski definition) is 1. The molecule has 0 aliphatic carbocycles. The molecule has 2 atom stereocenters. The number of nitrogens with one attached hydrogen (secondary N) is 1. The van der Waals surface area contributed by atoms with Gasteiger partial charge in [-0.15, -0.1) is 0 Å². The summed E-state index contributed by atoms with van der Waals surface area (Å²) in [6.45, 7) is 6.19. The lowest BCUT2D eigenvalue weighted by Crippen LogP contribution is -2.48. The fourth-order valence-electron chi connectivity index (χ4n) is 3.38. The van der Waals surface area contributed by atoms with Gasteiger partial charge in [-0.2, -0.15) is 5.10 Å². The molecule has 1 saturated heterocycles. The Morgan fingerprint density at radius 1 is 1.16 bits per heavy atom. The lowest BCUT2D eigenvalue weighted by atomic mass is 10.1. The van der Waals surface area contributed by atoms with Crippen molar-refractivity contribution in [3.63, 3.8) is 0 Å². The smallest absolute Gasteiger partial charge is 0.257 e. The van der Waals surface area contributed by atoms with Crippen molar-refractivity contribution in [2.75, 3.05) is 26.3 Å². The summed E-state index contributed by atoms with van der Waals surface area (Å²) in [5.41, 5.74) is 2.09. The number of amides is 1. The number of benzene rings is 1.